The summed E-state index contributed by atoms with van der Waals surface area (Å²) in [5.74, 6) is 0. The summed E-state index contributed by atoms with van der Waals surface area (Å²) in [6, 6.07) is 6.01. The van der Waals surface area contributed by atoms with Gasteiger partial charge in [0.05, 0.1) is 8.66 Å². The lowest BCUT2D eigenvalue weighted by atomic mass is 10.3. The Labute approximate surface area is 88.1 Å². The van der Waals surface area contributed by atoms with Crippen LogP contribution in [0.3, 0.4) is 0 Å². The van der Waals surface area contributed by atoms with Crippen LogP contribution in [0, 0.1) is 0 Å². The van der Waals surface area contributed by atoms with Gasteiger partial charge in [0.25, 0.3) is 0 Å². The first-order valence-corrected chi connectivity index (χ1v) is 5.40. The fourth-order valence-electron chi connectivity index (χ4n) is 1.04. The normalized spacial score (nSPS) is 10.6. The molecule has 0 saturated carbocycles. The molecule has 3 nitrogen and oxygen atoms in total. The van der Waals surface area contributed by atoms with Gasteiger partial charge in [0.2, 0.25) is 0 Å². The number of halogens is 1. The van der Waals surface area contributed by atoms with Crippen LogP contribution in [-0.2, 0) is 6.54 Å². The Bertz CT molecular complexity index is 407. The van der Waals surface area contributed by atoms with Gasteiger partial charge in [-0.2, -0.15) is 5.10 Å². The Balaban J connectivity index is 2.35. The SMILES string of the molecule is NCc1cc(-c2ccc(Br)s2)n[nH]1. The van der Waals surface area contributed by atoms with Gasteiger partial charge in [-0.15, -0.1) is 11.3 Å². The average molecular weight is 258 g/mol. The second kappa shape index (κ2) is 3.61. The van der Waals surface area contributed by atoms with Crippen molar-refractivity contribution in [1.29, 1.82) is 0 Å². The number of nitrogens with one attached hydrogen (secondary N) is 1. The molecule has 0 aliphatic rings. The van der Waals surface area contributed by atoms with Gasteiger partial charge in [-0.25, -0.2) is 0 Å². The van der Waals surface area contributed by atoms with Crippen LogP contribution in [0.15, 0.2) is 22.0 Å². The van der Waals surface area contributed by atoms with Gasteiger partial charge in [-0.1, -0.05) is 0 Å². The van der Waals surface area contributed by atoms with Crippen molar-refractivity contribution in [3.63, 3.8) is 0 Å². The first-order valence-electron chi connectivity index (χ1n) is 3.79. The smallest absolute Gasteiger partial charge is 0.102 e. The molecule has 3 N–H and O–H groups in total. The van der Waals surface area contributed by atoms with E-state index < -0.39 is 0 Å². The molecular weight excluding hydrogens is 250 g/mol. The maximum atomic E-state index is 5.47. The predicted molar refractivity (Wildman–Crippen MR) is 57.5 cm³/mol. The molecule has 0 spiro atoms. The monoisotopic (exact) mass is 257 g/mol. The van der Waals surface area contributed by atoms with Gasteiger partial charge in [0, 0.05) is 12.2 Å². The van der Waals surface area contributed by atoms with Crippen molar-refractivity contribution in [2.24, 2.45) is 5.73 Å². The number of nitrogens with zero attached hydrogens (tertiary/aromatic N) is 1. The maximum absolute atomic E-state index is 5.47. The molecule has 0 saturated heterocycles. The topological polar surface area (TPSA) is 54.7 Å². The van der Waals surface area contributed by atoms with Gasteiger partial charge in [0.1, 0.15) is 5.69 Å². The predicted octanol–water partition coefficient (Wildman–Crippen LogP) is 2.36. The highest BCUT2D eigenvalue weighted by atomic mass is 79.9. The first kappa shape index (κ1) is 8.93. The largest absolute Gasteiger partial charge is 0.325 e. The summed E-state index contributed by atoms with van der Waals surface area (Å²) >= 11 is 5.07. The Morgan fingerprint density at radius 3 is 2.92 bits per heavy atom. The van der Waals surface area contributed by atoms with Crippen molar-refractivity contribution in [1.82, 2.24) is 10.2 Å². The molecule has 0 radical (unpaired) electrons. The van der Waals surface area contributed by atoms with E-state index in [1.807, 2.05) is 18.2 Å². The third-order valence-electron chi connectivity index (χ3n) is 1.68. The minimum atomic E-state index is 0.500. The van der Waals surface area contributed by atoms with E-state index in [1.165, 1.54) is 0 Å². The molecule has 0 aliphatic carbocycles. The van der Waals surface area contributed by atoms with Crippen LogP contribution in [0.5, 0.6) is 0 Å². The molecule has 2 rings (SSSR count). The molecule has 0 fully saturated rings. The molecule has 0 aromatic carbocycles. The zero-order chi connectivity index (χ0) is 9.26. The Kier molecular flexibility index (Phi) is 2.48. The standard InChI is InChI=1S/C8H8BrN3S/c9-8-2-1-7(13-8)6-3-5(4-10)11-12-6/h1-3H,4,10H2,(H,11,12). The molecule has 2 aromatic heterocycles. The quantitative estimate of drug-likeness (QED) is 0.868. The van der Waals surface area contributed by atoms with Crippen LogP contribution < -0.4 is 5.73 Å². The van der Waals surface area contributed by atoms with Crippen molar-refractivity contribution >= 4 is 27.3 Å². The number of H-pyrrole nitrogens is 1. The summed E-state index contributed by atoms with van der Waals surface area (Å²) in [5, 5.41) is 7.03. The molecule has 2 heterocycles. The highest BCUT2D eigenvalue weighted by Crippen LogP contribution is 2.30. The van der Waals surface area contributed by atoms with Crippen LogP contribution in [0.2, 0.25) is 0 Å². The third kappa shape index (κ3) is 1.82. The lowest BCUT2D eigenvalue weighted by molar-refractivity contribution is 0.949. The van der Waals surface area contributed by atoms with Crippen molar-refractivity contribution in [3.05, 3.63) is 27.7 Å². The number of rotatable bonds is 2. The van der Waals surface area contributed by atoms with Crippen LogP contribution in [0.4, 0.5) is 0 Å². The number of nitrogens with two attached hydrogens (primary N) is 1. The van der Waals surface area contributed by atoms with Crippen molar-refractivity contribution in [2.75, 3.05) is 0 Å². The zero-order valence-electron chi connectivity index (χ0n) is 6.75. The van der Waals surface area contributed by atoms with E-state index in [4.69, 9.17) is 5.73 Å². The van der Waals surface area contributed by atoms with E-state index in [-0.39, 0.29) is 0 Å². The molecule has 0 aliphatic heterocycles. The second-order valence-corrected chi connectivity index (χ2v) is 5.05. The summed E-state index contributed by atoms with van der Waals surface area (Å²) in [4.78, 5) is 1.14. The molecule has 0 atom stereocenters. The fraction of sp³-hybridized carbons (Fsp3) is 0.125. The highest BCUT2D eigenvalue weighted by Gasteiger charge is 2.04. The molecule has 0 amide bonds. The number of hydrogen-bond acceptors (Lipinski definition) is 3. The van der Waals surface area contributed by atoms with E-state index in [0.29, 0.717) is 6.54 Å². The number of aromatic nitrogens is 2. The van der Waals surface area contributed by atoms with Crippen LogP contribution in [0.25, 0.3) is 10.6 Å². The van der Waals surface area contributed by atoms with Crippen molar-refractivity contribution in [2.45, 2.75) is 6.54 Å². The molecule has 2 aromatic rings. The van der Waals surface area contributed by atoms with Crippen LogP contribution in [-0.4, -0.2) is 10.2 Å². The van der Waals surface area contributed by atoms with Crippen molar-refractivity contribution in [3.8, 4) is 10.6 Å². The molecular formula is C8H8BrN3S. The van der Waals surface area contributed by atoms with Gasteiger partial charge in [-0.3, -0.25) is 5.10 Å². The zero-order valence-corrected chi connectivity index (χ0v) is 9.15. The van der Waals surface area contributed by atoms with Crippen molar-refractivity contribution < 1.29 is 0 Å². The molecule has 0 bridgehead atoms. The molecule has 13 heavy (non-hydrogen) atoms. The highest BCUT2D eigenvalue weighted by molar-refractivity contribution is 9.11. The van der Waals surface area contributed by atoms with Crippen LogP contribution in [0.1, 0.15) is 5.69 Å². The molecule has 68 valence electrons. The van der Waals surface area contributed by atoms with Gasteiger partial charge >= 0.3 is 0 Å². The van der Waals surface area contributed by atoms with E-state index in [1.54, 1.807) is 11.3 Å². The summed E-state index contributed by atoms with van der Waals surface area (Å²) in [7, 11) is 0. The number of thiophene rings is 1. The van der Waals surface area contributed by atoms with E-state index in [2.05, 4.69) is 26.1 Å². The minimum Gasteiger partial charge on any atom is -0.325 e. The summed E-state index contributed by atoms with van der Waals surface area (Å²) in [6.07, 6.45) is 0. The number of aromatic amines is 1. The number of hydrogen-bond donors (Lipinski definition) is 2. The fourth-order valence-corrected chi connectivity index (χ4v) is 2.39. The average Bonchev–Trinajstić information content (AvgIpc) is 2.71. The lowest BCUT2D eigenvalue weighted by Crippen LogP contribution is -1.95. The minimum absolute atomic E-state index is 0.500. The lowest BCUT2D eigenvalue weighted by Gasteiger charge is -1.85. The van der Waals surface area contributed by atoms with E-state index in [9.17, 15) is 0 Å². The third-order valence-corrected chi connectivity index (χ3v) is 3.32. The van der Waals surface area contributed by atoms with Gasteiger partial charge in [0.15, 0.2) is 0 Å². The molecule has 5 heteroatoms. The maximum Gasteiger partial charge on any atom is 0.102 e. The van der Waals surface area contributed by atoms with E-state index in [0.717, 1.165) is 20.1 Å². The molecule has 0 unspecified atom stereocenters. The summed E-state index contributed by atoms with van der Waals surface area (Å²) in [6.45, 7) is 0.500. The van der Waals surface area contributed by atoms with E-state index >= 15 is 0 Å². The summed E-state index contributed by atoms with van der Waals surface area (Å²) < 4.78 is 1.11. The van der Waals surface area contributed by atoms with Gasteiger partial charge < -0.3 is 5.73 Å². The second-order valence-electron chi connectivity index (χ2n) is 2.59. The van der Waals surface area contributed by atoms with Gasteiger partial charge in [-0.05, 0) is 34.1 Å². The van der Waals surface area contributed by atoms with Crippen LogP contribution >= 0.6 is 27.3 Å². The Morgan fingerprint density at radius 2 is 2.38 bits per heavy atom. The Hall–Kier alpha value is -0.650. The first-order chi connectivity index (χ1) is 6.29. The summed E-state index contributed by atoms with van der Waals surface area (Å²) in [5.41, 5.74) is 7.38. The Morgan fingerprint density at radius 1 is 1.54 bits per heavy atom.